The molecule has 0 aliphatic heterocycles. The summed E-state index contributed by atoms with van der Waals surface area (Å²) >= 11 is 6.00. The zero-order valence-electron chi connectivity index (χ0n) is 13.8. The molecule has 0 amide bonds. The molecular formula is C21H12ClF3O2. The molecule has 0 saturated carbocycles. The molecule has 1 aromatic heterocycles. The molecular weight excluding hydrogens is 377 g/mol. The zero-order chi connectivity index (χ0) is 19.2. The molecule has 136 valence electrons. The van der Waals surface area contributed by atoms with Crippen LogP contribution < -0.4 is 0 Å². The molecule has 4 rings (SSSR count). The van der Waals surface area contributed by atoms with Crippen molar-refractivity contribution >= 4 is 23.5 Å². The Bertz CT molecular complexity index is 1080. The van der Waals surface area contributed by atoms with E-state index < -0.39 is 11.7 Å². The highest BCUT2D eigenvalue weighted by Crippen LogP contribution is 2.36. The predicted octanol–water partition coefficient (Wildman–Crippen LogP) is 6.44. The van der Waals surface area contributed by atoms with Crippen LogP contribution in [0, 0.1) is 0 Å². The highest BCUT2D eigenvalue weighted by Gasteiger charge is 2.31. The second kappa shape index (κ2) is 6.43. The maximum Gasteiger partial charge on any atom is 0.416 e. The summed E-state index contributed by atoms with van der Waals surface area (Å²) < 4.78 is 44.0. The van der Waals surface area contributed by atoms with Gasteiger partial charge in [-0.05, 0) is 42.0 Å². The van der Waals surface area contributed by atoms with E-state index in [9.17, 15) is 18.0 Å². The van der Waals surface area contributed by atoms with Crippen molar-refractivity contribution in [3.05, 3.63) is 87.6 Å². The molecule has 0 unspecified atom stereocenters. The van der Waals surface area contributed by atoms with E-state index >= 15 is 0 Å². The minimum atomic E-state index is -4.46. The van der Waals surface area contributed by atoms with Crippen molar-refractivity contribution < 1.29 is 22.4 Å². The highest BCUT2D eigenvalue weighted by atomic mass is 35.5. The van der Waals surface area contributed by atoms with Crippen LogP contribution in [0.3, 0.4) is 0 Å². The van der Waals surface area contributed by atoms with Crippen LogP contribution in [0.2, 0.25) is 5.02 Å². The summed E-state index contributed by atoms with van der Waals surface area (Å²) in [7, 11) is 0. The number of carbonyl (C=O) groups excluding carboxylic acids is 1. The molecule has 0 radical (unpaired) electrons. The van der Waals surface area contributed by atoms with Crippen molar-refractivity contribution in [2.75, 3.05) is 0 Å². The summed E-state index contributed by atoms with van der Waals surface area (Å²) in [6.45, 7) is 0. The number of alkyl halides is 3. The molecule has 0 bridgehead atoms. The fourth-order valence-electron chi connectivity index (χ4n) is 3.11. The van der Waals surface area contributed by atoms with E-state index in [2.05, 4.69) is 0 Å². The van der Waals surface area contributed by atoms with Gasteiger partial charge in [-0.2, -0.15) is 13.2 Å². The van der Waals surface area contributed by atoms with E-state index in [4.69, 9.17) is 16.0 Å². The molecule has 0 spiro atoms. The summed E-state index contributed by atoms with van der Waals surface area (Å²) in [4.78, 5) is 12.4. The first-order valence-corrected chi connectivity index (χ1v) is 8.51. The average Bonchev–Trinajstić information content (AvgIpc) is 3.20. The van der Waals surface area contributed by atoms with Gasteiger partial charge in [-0.15, -0.1) is 0 Å². The topological polar surface area (TPSA) is 30.2 Å². The number of Topliss-reactive ketones (excluding diaryl/α,β-unsaturated/α-hetero) is 1. The third-order valence-electron chi connectivity index (χ3n) is 4.44. The number of benzene rings is 2. The molecule has 1 heterocycles. The fourth-order valence-corrected chi connectivity index (χ4v) is 3.38. The predicted molar refractivity (Wildman–Crippen MR) is 96.6 cm³/mol. The number of hydrogen-bond donors (Lipinski definition) is 0. The first-order chi connectivity index (χ1) is 12.8. The average molecular weight is 389 g/mol. The van der Waals surface area contributed by atoms with Crippen molar-refractivity contribution in [3.8, 4) is 11.3 Å². The van der Waals surface area contributed by atoms with Gasteiger partial charge in [-0.1, -0.05) is 35.9 Å². The Hall–Kier alpha value is -2.79. The van der Waals surface area contributed by atoms with Crippen LogP contribution in [-0.2, 0) is 12.6 Å². The zero-order valence-corrected chi connectivity index (χ0v) is 14.6. The summed E-state index contributed by atoms with van der Waals surface area (Å²) in [5, 5.41) is -0.0530. The molecule has 6 heteroatoms. The van der Waals surface area contributed by atoms with Gasteiger partial charge in [0.05, 0.1) is 10.6 Å². The van der Waals surface area contributed by atoms with Crippen molar-refractivity contribution in [2.45, 2.75) is 12.6 Å². The Kier molecular flexibility index (Phi) is 4.19. The van der Waals surface area contributed by atoms with Gasteiger partial charge in [0.1, 0.15) is 11.5 Å². The molecule has 0 N–H and O–H groups in total. The third kappa shape index (κ3) is 3.30. The molecule has 0 atom stereocenters. The van der Waals surface area contributed by atoms with E-state index in [-0.39, 0.29) is 10.8 Å². The van der Waals surface area contributed by atoms with Gasteiger partial charge in [0.2, 0.25) is 0 Å². The minimum Gasteiger partial charge on any atom is -0.457 e. The van der Waals surface area contributed by atoms with Crippen LogP contribution >= 0.6 is 11.6 Å². The molecule has 0 fully saturated rings. The van der Waals surface area contributed by atoms with Crippen LogP contribution in [0.1, 0.15) is 27.2 Å². The molecule has 2 aromatic carbocycles. The first kappa shape index (κ1) is 17.6. The number of allylic oxidation sites excluding steroid dienone is 1. The Morgan fingerprint density at radius 2 is 1.78 bits per heavy atom. The number of carbonyl (C=O) groups is 1. The highest BCUT2D eigenvalue weighted by molar-refractivity contribution is 6.33. The quantitative estimate of drug-likeness (QED) is 0.473. The van der Waals surface area contributed by atoms with Crippen molar-refractivity contribution in [3.63, 3.8) is 0 Å². The molecule has 0 saturated heterocycles. The van der Waals surface area contributed by atoms with Gasteiger partial charge >= 0.3 is 6.18 Å². The SMILES string of the molecule is O=C1/C(=C/c2ccc(-c3ccc(C(F)(F)F)cc3Cl)o2)Cc2ccccc21. The lowest BCUT2D eigenvalue weighted by molar-refractivity contribution is -0.137. The Morgan fingerprint density at radius 3 is 2.48 bits per heavy atom. The van der Waals surface area contributed by atoms with Gasteiger partial charge in [0.25, 0.3) is 0 Å². The summed E-state index contributed by atoms with van der Waals surface area (Å²) in [5.74, 6) is 0.733. The number of ketones is 1. The van der Waals surface area contributed by atoms with Crippen LogP contribution in [0.5, 0.6) is 0 Å². The van der Waals surface area contributed by atoms with Crippen molar-refractivity contribution in [1.82, 2.24) is 0 Å². The monoisotopic (exact) mass is 388 g/mol. The first-order valence-electron chi connectivity index (χ1n) is 8.13. The summed E-state index contributed by atoms with van der Waals surface area (Å²) in [6, 6.07) is 13.8. The lowest BCUT2D eigenvalue weighted by Crippen LogP contribution is -2.04. The number of hydrogen-bond acceptors (Lipinski definition) is 2. The number of rotatable bonds is 2. The lowest BCUT2D eigenvalue weighted by Gasteiger charge is -2.08. The Morgan fingerprint density at radius 1 is 1.00 bits per heavy atom. The van der Waals surface area contributed by atoms with Crippen molar-refractivity contribution in [2.24, 2.45) is 0 Å². The van der Waals surface area contributed by atoms with Gasteiger partial charge in [-0.25, -0.2) is 0 Å². The largest absolute Gasteiger partial charge is 0.457 e. The molecule has 2 nitrogen and oxygen atoms in total. The van der Waals surface area contributed by atoms with Gasteiger partial charge in [-0.3, -0.25) is 4.79 Å². The summed E-state index contributed by atoms with van der Waals surface area (Å²) in [5.41, 5.74) is 1.79. The van der Waals surface area contributed by atoms with Crippen LogP contribution in [0.25, 0.3) is 17.4 Å². The van der Waals surface area contributed by atoms with Crippen LogP contribution in [0.4, 0.5) is 13.2 Å². The van der Waals surface area contributed by atoms with Crippen LogP contribution in [0.15, 0.2) is 64.6 Å². The Balaban J connectivity index is 1.63. The number of fused-ring (bicyclic) bond motifs is 1. The standard InChI is InChI=1S/C21H12ClF3O2/c22-18-11-14(21(23,24)25)5-7-17(18)19-8-6-15(27-19)10-13-9-12-3-1-2-4-16(12)20(13)26/h1-8,10-11H,9H2/b13-10+. The third-order valence-corrected chi connectivity index (χ3v) is 4.75. The number of furan rings is 1. The maximum absolute atomic E-state index is 12.8. The van der Waals surface area contributed by atoms with Gasteiger partial charge in [0.15, 0.2) is 5.78 Å². The van der Waals surface area contributed by atoms with E-state index in [0.717, 1.165) is 17.7 Å². The van der Waals surface area contributed by atoms with Gasteiger partial charge < -0.3 is 4.42 Å². The van der Waals surface area contributed by atoms with Crippen molar-refractivity contribution in [1.29, 1.82) is 0 Å². The van der Waals surface area contributed by atoms with E-state index in [1.165, 1.54) is 6.07 Å². The minimum absolute atomic E-state index is 0.0453. The summed E-state index contributed by atoms with van der Waals surface area (Å²) in [6.07, 6.45) is -2.28. The molecule has 1 aliphatic carbocycles. The second-order valence-electron chi connectivity index (χ2n) is 6.23. The van der Waals surface area contributed by atoms with E-state index in [1.54, 1.807) is 24.3 Å². The second-order valence-corrected chi connectivity index (χ2v) is 6.63. The van der Waals surface area contributed by atoms with Crippen LogP contribution in [-0.4, -0.2) is 5.78 Å². The van der Waals surface area contributed by atoms with E-state index in [0.29, 0.717) is 34.6 Å². The van der Waals surface area contributed by atoms with Gasteiger partial charge in [0, 0.05) is 23.1 Å². The lowest BCUT2D eigenvalue weighted by atomic mass is 10.1. The smallest absolute Gasteiger partial charge is 0.416 e. The molecule has 1 aliphatic rings. The normalized spacial score (nSPS) is 15.4. The molecule has 3 aromatic rings. The molecule has 27 heavy (non-hydrogen) atoms. The van der Waals surface area contributed by atoms with E-state index in [1.807, 2.05) is 18.2 Å². The Labute approximate surface area is 157 Å². The number of halogens is 4. The fraction of sp³-hybridized carbons (Fsp3) is 0.0952. The maximum atomic E-state index is 12.8.